The molecule has 0 spiro atoms. The topological polar surface area (TPSA) is 26.3 Å². The number of carbonyl (C=O) groups is 1. The van der Waals surface area contributed by atoms with Crippen molar-refractivity contribution in [3.63, 3.8) is 0 Å². The summed E-state index contributed by atoms with van der Waals surface area (Å²) in [6, 6.07) is 0. The summed E-state index contributed by atoms with van der Waals surface area (Å²) in [6.07, 6.45) is 10.0. The average Bonchev–Trinajstić information content (AvgIpc) is 2.09. The zero-order valence-electron chi connectivity index (χ0n) is 7.92. The summed E-state index contributed by atoms with van der Waals surface area (Å²) in [6.45, 7) is 3.37. The van der Waals surface area contributed by atoms with Crippen molar-refractivity contribution in [2.24, 2.45) is 0 Å². The van der Waals surface area contributed by atoms with Gasteiger partial charge in [-0.3, -0.25) is 0 Å². The smallest absolute Gasteiger partial charge is 0.335 e. The first-order valence-electron chi connectivity index (χ1n) is 4.86. The second kappa shape index (κ2) is 5.57. The first kappa shape index (κ1) is 10.0. The highest BCUT2D eigenvalue weighted by molar-refractivity contribution is 5.82. The molecule has 1 rings (SSSR count). The molecule has 0 saturated heterocycles. The van der Waals surface area contributed by atoms with Gasteiger partial charge in [0.2, 0.25) is 0 Å². The van der Waals surface area contributed by atoms with Crippen LogP contribution < -0.4 is 0 Å². The van der Waals surface area contributed by atoms with Crippen molar-refractivity contribution in [1.82, 2.24) is 0 Å². The number of allylic oxidation sites excluding steroid dienone is 2. The fraction of sp³-hybridized carbons (Fsp3) is 0.545. The lowest BCUT2D eigenvalue weighted by Gasteiger charge is -2.10. The van der Waals surface area contributed by atoms with Gasteiger partial charge in [-0.25, -0.2) is 4.79 Å². The summed E-state index contributed by atoms with van der Waals surface area (Å²) in [5.41, 5.74) is 0. The predicted molar refractivity (Wildman–Crippen MR) is 52.1 cm³/mol. The van der Waals surface area contributed by atoms with Crippen LogP contribution in [0.1, 0.15) is 38.5 Å². The third-order valence-corrected chi connectivity index (χ3v) is 2.15. The van der Waals surface area contributed by atoms with Crippen molar-refractivity contribution in [2.45, 2.75) is 38.5 Å². The van der Waals surface area contributed by atoms with Crippen molar-refractivity contribution in [1.29, 1.82) is 0 Å². The van der Waals surface area contributed by atoms with Crippen molar-refractivity contribution in [3.05, 3.63) is 24.5 Å². The van der Waals surface area contributed by atoms with Gasteiger partial charge in [0.25, 0.3) is 0 Å². The second-order valence-electron chi connectivity index (χ2n) is 3.25. The highest BCUT2D eigenvalue weighted by Gasteiger charge is 2.05. The summed E-state index contributed by atoms with van der Waals surface area (Å²) < 4.78 is 5.08. The van der Waals surface area contributed by atoms with Gasteiger partial charge in [-0.2, -0.15) is 0 Å². The van der Waals surface area contributed by atoms with Crippen molar-refractivity contribution in [3.8, 4) is 0 Å². The minimum absolute atomic E-state index is 0.341. The van der Waals surface area contributed by atoms with Crippen LogP contribution in [0.5, 0.6) is 0 Å². The van der Waals surface area contributed by atoms with Crippen LogP contribution in [-0.2, 0) is 9.53 Å². The van der Waals surface area contributed by atoms with Crippen LogP contribution in [0.3, 0.4) is 0 Å². The van der Waals surface area contributed by atoms with E-state index in [1.807, 2.05) is 6.08 Å². The minimum atomic E-state index is -0.341. The molecule has 13 heavy (non-hydrogen) atoms. The minimum Gasteiger partial charge on any atom is -0.428 e. The molecule has 0 heterocycles. The molecule has 0 atom stereocenters. The van der Waals surface area contributed by atoms with Gasteiger partial charge in [0.1, 0.15) is 5.76 Å². The lowest BCUT2D eigenvalue weighted by atomic mass is 10.1. The number of hydrogen-bond donors (Lipinski definition) is 0. The van der Waals surface area contributed by atoms with Gasteiger partial charge in [0.15, 0.2) is 0 Å². The van der Waals surface area contributed by atoms with Crippen LogP contribution in [0, 0.1) is 0 Å². The summed E-state index contributed by atoms with van der Waals surface area (Å²) in [7, 11) is 0. The molecular formula is C11H16O2. The molecule has 0 aromatic carbocycles. The summed E-state index contributed by atoms with van der Waals surface area (Å²) in [5, 5.41) is 0. The summed E-state index contributed by atoms with van der Waals surface area (Å²) >= 11 is 0. The SMILES string of the molecule is C=CC(=O)O/C1=C/CCCCCC1. The molecule has 0 saturated carbocycles. The molecule has 0 aromatic heterocycles. The lowest BCUT2D eigenvalue weighted by molar-refractivity contribution is -0.134. The van der Waals surface area contributed by atoms with E-state index in [2.05, 4.69) is 6.58 Å². The van der Waals surface area contributed by atoms with Crippen LogP contribution >= 0.6 is 0 Å². The fourth-order valence-electron chi connectivity index (χ4n) is 1.43. The van der Waals surface area contributed by atoms with E-state index >= 15 is 0 Å². The molecule has 1 aliphatic carbocycles. The quantitative estimate of drug-likeness (QED) is 0.482. The highest BCUT2D eigenvalue weighted by atomic mass is 16.5. The molecule has 0 aromatic rings. The van der Waals surface area contributed by atoms with Crippen LogP contribution in [0.25, 0.3) is 0 Å². The Morgan fingerprint density at radius 1 is 1.38 bits per heavy atom. The largest absolute Gasteiger partial charge is 0.428 e. The fourth-order valence-corrected chi connectivity index (χ4v) is 1.43. The third kappa shape index (κ3) is 3.92. The van der Waals surface area contributed by atoms with Gasteiger partial charge in [-0.1, -0.05) is 19.4 Å². The maximum absolute atomic E-state index is 10.9. The van der Waals surface area contributed by atoms with Gasteiger partial charge in [0, 0.05) is 12.5 Å². The van der Waals surface area contributed by atoms with E-state index in [0.29, 0.717) is 0 Å². The van der Waals surface area contributed by atoms with E-state index < -0.39 is 0 Å². The van der Waals surface area contributed by atoms with Crippen LogP contribution in [0.15, 0.2) is 24.5 Å². The Morgan fingerprint density at radius 2 is 2.15 bits per heavy atom. The van der Waals surface area contributed by atoms with E-state index in [1.54, 1.807) is 0 Å². The van der Waals surface area contributed by atoms with Gasteiger partial charge < -0.3 is 4.74 Å². The number of rotatable bonds is 2. The molecule has 0 N–H and O–H groups in total. The second-order valence-corrected chi connectivity index (χ2v) is 3.25. The standard InChI is InChI=1S/C11H16O2/c1-2-11(12)13-10-8-6-4-3-5-7-9-10/h2,8H,1,3-7,9H2/b10-8+. The van der Waals surface area contributed by atoms with Crippen molar-refractivity contribution < 1.29 is 9.53 Å². The number of carbonyl (C=O) groups excluding carboxylic acids is 1. The van der Waals surface area contributed by atoms with Crippen LogP contribution in [-0.4, -0.2) is 5.97 Å². The van der Waals surface area contributed by atoms with Gasteiger partial charge in [-0.05, 0) is 25.3 Å². The van der Waals surface area contributed by atoms with Gasteiger partial charge in [-0.15, -0.1) is 0 Å². The Kier molecular flexibility index (Phi) is 4.30. The summed E-state index contributed by atoms with van der Waals surface area (Å²) in [4.78, 5) is 10.9. The zero-order valence-corrected chi connectivity index (χ0v) is 7.92. The van der Waals surface area contributed by atoms with E-state index in [1.165, 1.54) is 25.3 Å². The van der Waals surface area contributed by atoms with Crippen LogP contribution in [0.4, 0.5) is 0 Å². The highest BCUT2D eigenvalue weighted by Crippen LogP contribution is 2.17. The lowest BCUT2D eigenvalue weighted by Crippen LogP contribution is -2.01. The van der Waals surface area contributed by atoms with Gasteiger partial charge >= 0.3 is 5.97 Å². The third-order valence-electron chi connectivity index (χ3n) is 2.15. The van der Waals surface area contributed by atoms with Crippen LogP contribution in [0.2, 0.25) is 0 Å². The Balaban J connectivity index is 2.44. The van der Waals surface area contributed by atoms with Crippen molar-refractivity contribution in [2.75, 3.05) is 0 Å². The summed E-state index contributed by atoms with van der Waals surface area (Å²) in [5.74, 6) is 0.483. The molecule has 2 nitrogen and oxygen atoms in total. The molecule has 0 bridgehead atoms. The van der Waals surface area contributed by atoms with E-state index in [4.69, 9.17) is 4.74 Å². The van der Waals surface area contributed by atoms with Crippen molar-refractivity contribution >= 4 is 5.97 Å². The number of ether oxygens (including phenoxy) is 1. The van der Waals surface area contributed by atoms with Gasteiger partial charge in [0.05, 0.1) is 0 Å². The average molecular weight is 180 g/mol. The van der Waals surface area contributed by atoms with E-state index in [-0.39, 0.29) is 5.97 Å². The van der Waals surface area contributed by atoms with E-state index in [0.717, 1.165) is 25.0 Å². The molecule has 2 heteroatoms. The Morgan fingerprint density at radius 3 is 2.92 bits per heavy atom. The Hall–Kier alpha value is -1.05. The molecule has 0 fully saturated rings. The number of esters is 1. The molecule has 72 valence electrons. The maximum atomic E-state index is 10.9. The normalized spacial score (nSPS) is 22.0. The maximum Gasteiger partial charge on any atom is 0.335 e. The number of hydrogen-bond acceptors (Lipinski definition) is 2. The molecule has 0 aliphatic heterocycles. The molecule has 1 aliphatic rings. The Bertz CT molecular complexity index is 216. The Labute approximate surface area is 79.3 Å². The molecule has 0 unspecified atom stereocenters. The first-order valence-corrected chi connectivity index (χ1v) is 4.86. The monoisotopic (exact) mass is 180 g/mol. The first-order chi connectivity index (χ1) is 6.33. The molecule has 0 radical (unpaired) electrons. The van der Waals surface area contributed by atoms with E-state index in [9.17, 15) is 4.79 Å². The molecular weight excluding hydrogens is 164 g/mol. The molecule has 0 amide bonds. The predicted octanol–water partition coefficient (Wildman–Crippen LogP) is 2.95. The zero-order chi connectivity index (χ0) is 9.52.